The first kappa shape index (κ1) is 13.3. The first-order valence-corrected chi connectivity index (χ1v) is 6.25. The molecule has 0 saturated carbocycles. The lowest BCUT2D eigenvalue weighted by atomic mass is 10.1. The van der Waals surface area contributed by atoms with E-state index in [-0.39, 0.29) is 5.91 Å². The molecule has 0 aliphatic carbocycles. The maximum absolute atomic E-state index is 11.9. The Hall–Kier alpha value is -2.14. The Morgan fingerprint density at radius 2 is 2.11 bits per heavy atom. The van der Waals surface area contributed by atoms with Crippen molar-refractivity contribution >= 4 is 11.7 Å². The molecule has 0 bridgehead atoms. The number of nitrogens with zero attached hydrogens (tertiary/aromatic N) is 2. The number of carbonyl (C=O) groups is 1. The third-order valence-electron chi connectivity index (χ3n) is 2.89. The first-order valence-electron chi connectivity index (χ1n) is 6.25. The van der Waals surface area contributed by atoms with Crippen LogP contribution in [0.4, 0.5) is 5.82 Å². The second-order valence-corrected chi connectivity index (χ2v) is 4.49. The van der Waals surface area contributed by atoms with E-state index >= 15 is 0 Å². The Bertz CT molecular complexity index is 535. The molecule has 1 unspecified atom stereocenters. The van der Waals surface area contributed by atoms with Crippen LogP contribution >= 0.6 is 0 Å². The topological polar surface area (TPSA) is 72.9 Å². The van der Waals surface area contributed by atoms with Crippen molar-refractivity contribution in [3.05, 3.63) is 48.2 Å². The molecule has 1 heterocycles. The molecule has 2 aromatic rings. The predicted molar refractivity (Wildman–Crippen MR) is 74.6 cm³/mol. The van der Waals surface area contributed by atoms with Gasteiger partial charge in [-0.3, -0.25) is 9.48 Å². The van der Waals surface area contributed by atoms with Crippen LogP contribution in [-0.4, -0.2) is 21.7 Å². The number of amides is 1. The van der Waals surface area contributed by atoms with Crippen LogP contribution in [0.3, 0.4) is 0 Å². The molecular weight excluding hydrogens is 240 g/mol. The molecule has 5 heteroatoms. The number of carbonyl (C=O) groups excluding carboxylic acids is 1. The van der Waals surface area contributed by atoms with E-state index in [1.54, 1.807) is 24.0 Å². The average molecular weight is 258 g/mol. The fraction of sp³-hybridized carbons (Fsp3) is 0.286. The van der Waals surface area contributed by atoms with Crippen molar-refractivity contribution in [1.82, 2.24) is 9.78 Å². The van der Waals surface area contributed by atoms with Gasteiger partial charge in [0.25, 0.3) is 0 Å². The van der Waals surface area contributed by atoms with Gasteiger partial charge in [-0.05, 0) is 18.4 Å². The summed E-state index contributed by atoms with van der Waals surface area (Å²) >= 11 is 0. The fourth-order valence-electron chi connectivity index (χ4n) is 1.80. The molecule has 1 aromatic carbocycles. The van der Waals surface area contributed by atoms with Crippen molar-refractivity contribution in [2.75, 3.05) is 5.32 Å². The van der Waals surface area contributed by atoms with Crippen molar-refractivity contribution in [3.63, 3.8) is 0 Å². The van der Waals surface area contributed by atoms with E-state index < -0.39 is 6.04 Å². The fourth-order valence-corrected chi connectivity index (χ4v) is 1.80. The van der Waals surface area contributed by atoms with Crippen molar-refractivity contribution in [2.45, 2.75) is 18.9 Å². The summed E-state index contributed by atoms with van der Waals surface area (Å²) < 4.78 is 1.63. The van der Waals surface area contributed by atoms with E-state index in [0.717, 1.165) is 6.42 Å². The number of rotatable bonds is 5. The van der Waals surface area contributed by atoms with Gasteiger partial charge in [0.1, 0.15) is 0 Å². The van der Waals surface area contributed by atoms with Crippen LogP contribution < -0.4 is 11.1 Å². The Morgan fingerprint density at radius 1 is 1.37 bits per heavy atom. The number of hydrogen-bond donors (Lipinski definition) is 2. The molecule has 5 nitrogen and oxygen atoms in total. The molecule has 1 atom stereocenters. The van der Waals surface area contributed by atoms with Crippen molar-refractivity contribution < 1.29 is 4.79 Å². The molecule has 0 aliphatic rings. The third-order valence-corrected chi connectivity index (χ3v) is 2.89. The van der Waals surface area contributed by atoms with Crippen LogP contribution in [0.25, 0.3) is 0 Å². The minimum Gasteiger partial charge on any atom is -0.320 e. The number of hydrogen-bond acceptors (Lipinski definition) is 3. The van der Waals surface area contributed by atoms with Crippen LogP contribution in [0.5, 0.6) is 0 Å². The number of benzene rings is 1. The zero-order valence-corrected chi connectivity index (χ0v) is 10.9. The molecule has 1 aromatic heterocycles. The smallest absolute Gasteiger partial charge is 0.242 e. The van der Waals surface area contributed by atoms with E-state index in [1.165, 1.54) is 5.56 Å². The Balaban J connectivity index is 1.82. The Kier molecular flexibility index (Phi) is 4.30. The summed E-state index contributed by atoms with van der Waals surface area (Å²) in [6.07, 6.45) is 3.17. The quantitative estimate of drug-likeness (QED) is 0.849. The van der Waals surface area contributed by atoms with Crippen molar-refractivity contribution in [2.24, 2.45) is 12.8 Å². The van der Waals surface area contributed by atoms with Gasteiger partial charge in [-0.1, -0.05) is 30.3 Å². The van der Waals surface area contributed by atoms with Crippen LogP contribution in [0.2, 0.25) is 0 Å². The summed E-state index contributed by atoms with van der Waals surface area (Å²) in [5.74, 6) is 0.331. The van der Waals surface area contributed by atoms with Gasteiger partial charge in [0.05, 0.1) is 6.04 Å². The summed E-state index contributed by atoms with van der Waals surface area (Å²) in [6, 6.07) is 11.2. The molecule has 100 valence electrons. The molecule has 0 radical (unpaired) electrons. The molecule has 0 aliphatic heterocycles. The second-order valence-electron chi connectivity index (χ2n) is 4.49. The minimum absolute atomic E-state index is 0.199. The zero-order chi connectivity index (χ0) is 13.7. The number of aromatic nitrogens is 2. The Labute approximate surface area is 112 Å². The first-order chi connectivity index (χ1) is 9.15. The van der Waals surface area contributed by atoms with E-state index in [1.807, 2.05) is 30.3 Å². The number of nitrogens with two attached hydrogens (primary N) is 1. The van der Waals surface area contributed by atoms with Gasteiger partial charge >= 0.3 is 0 Å². The highest BCUT2D eigenvalue weighted by atomic mass is 16.2. The summed E-state index contributed by atoms with van der Waals surface area (Å²) in [5.41, 5.74) is 7.06. The van der Waals surface area contributed by atoms with Crippen molar-refractivity contribution in [3.8, 4) is 0 Å². The van der Waals surface area contributed by atoms with Crippen LogP contribution in [-0.2, 0) is 18.3 Å². The number of anilines is 1. The van der Waals surface area contributed by atoms with Gasteiger partial charge in [0, 0.05) is 19.3 Å². The maximum atomic E-state index is 11.9. The molecule has 3 N–H and O–H groups in total. The molecule has 0 spiro atoms. The van der Waals surface area contributed by atoms with Gasteiger partial charge < -0.3 is 11.1 Å². The van der Waals surface area contributed by atoms with E-state index in [0.29, 0.717) is 12.2 Å². The van der Waals surface area contributed by atoms with Gasteiger partial charge in [0.15, 0.2) is 5.82 Å². The highest BCUT2D eigenvalue weighted by Crippen LogP contribution is 2.06. The molecule has 19 heavy (non-hydrogen) atoms. The standard InChI is InChI=1S/C14H18N4O/c1-18-10-9-13(17-18)16-14(19)12(15)8-7-11-5-3-2-4-6-11/h2-6,9-10,12H,7-8,15H2,1H3,(H,16,17,19). The molecule has 0 saturated heterocycles. The maximum Gasteiger partial charge on any atom is 0.242 e. The minimum atomic E-state index is -0.526. The normalized spacial score (nSPS) is 12.1. The number of nitrogens with one attached hydrogen (secondary N) is 1. The zero-order valence-electron chi connectivity index (χ0n) is 10.9. The predicted octanol–water partition coefficient (Wildman–Crippen LogP) is 1.32. The van der Waals surface area contributed by atoms with Gasteiger partial charge in [-0.15, -0.1) is 0 Å². The average Bonchev–Trinajstić information content (AvgIpc) is 2.82. The molecule has 2 rings (SSSR count). The van der Waals surface area contributed by atoms with Gasteiger partial charge in [0.2, 0.25) is 5.91 Å². The SMILES string of the molecule is Cn1ccc(NC(=O)C(N)CCc2ccccc2)n1. The van der Waals surface area contributed by atoms with Gasteiger partial charge in [-0.2, -0.15) is 5.10 Å². The van der Waals surface area contributed by atoms with E-state index in [9.17, 15) is 4.79 Å². The largest absolute Gasteiger partial charge is 0.320 e. The third kappa shape index (κ3) is 3.93. The van der Waals surface area contributed by atoms with Crippen LogP contribution in [0.15, 0.2) is 42.6 Å². The second kappa shape index (κ2) is 6.15. The summed E-state index contributed by atoms with van der Waals surface area (Å²) in [5, 5.41) is 6.78. The lowest BCUT2D eigenvalue weighted by molar-refractivity contribution is -0.117. The molecular formula is C14H18N4O. The summed E-state index contributed by atoms with van der Waals surface area (Å²) in [4.78, 5) is 11.9. The summed E-state index contributed by atoms with van der Waals surface area (Å²) in [6.45, 7) is 0. The van der Waals surface area contributed by atoms with E-state index in [4.69, 9.17) is 5.73 Å². The molecule has 0 fully saturated rings. The van der Waals surface area contributed by atoms with E-state index in [2.05, 4.69) is 10.4 Å². The summed E-state index contributed by atoms with van der Waals surface area (Å²) in [7, 11) is 1.80. The lowest BCUT2D eigenvalue weighted by Gasteiger charge is -2.10. The lowest BCUT2D eigenvalue weighted by Crippen LogP contribution is -2.36. The monoisotopic (exact) mass is 258 g/mol. The highest BCUT2D eigenvalue weighted by molar-refractivity contribution is 5.93. The Morgan fingerprint density at radius 3 is 2.74 bits per heavy atom. The number of aryl methyl sites for hydroxylation is 2. The highest BCUT2D eigenvalue weighted by Gasteiger charge is 2.14. The van der Waals surface area contributed by atoms with Crippen LogP contribution in [0.1, 0.15) is 12.0 Å². The van der Waals surface area contributed by atoms with Crippen LogP contribution in [0, 0.1) is 0 Å². The van der Waals surface area contributed by atoms with Gasteiger partial charge in [-0.25, -0.2) is 0 Å². The van der Waals surface area contributed by atoms with Crippen molar-refractivity contribution in [1.29, 1.82) is 0 Å². The molecule has 1 amide bonds.